The molecule has 0 aliphatic rings. The number of rotatable bonds is 3. The van der Waals surface area contributed by atoms with Crippen LogP contribution in [-0.2, 0) is 11.3 Å². The fourth-order valence-electron chi connectivity index (χ4n) is 1.63. The van der Waals surface area contributed by atoms with Crippen molar-refractivity contribution in [1.82, 2.24) is 0 Å². The third kappa shape index (κ3) is 3.14. The van der Waals surface area contributed by atoms with E-state index in [-0.39, 0.29) is 17.2 Å². The Morgan fingerprint density at radius 2 is 2.05 bits per heavy atom. The maximum Gasteiger partial charge on any atom is 0.339 e. The van der Waals surface area contributed by atoms with Crippen LogP contribution in [0.25, 0.3) is 0 Å². The molecule has 0 fully saturated rings. The van der Waals surface area contributed by atoms with Gasteiger partial charge >= 0.3 is 5.97 Å². The van der Waals surface area contributed by atoms with Crippen LogP contribution in [0.15, 0.2) is 42.5 Å². The Hall–Kier alpha value is -2.38. The molecule has 0 amide bonds. The molecule has 0 spiro atoms. The number of nitriles is 1. The molecule has 2 aromatic rings. The van der Waals surface area contributed by atoms with Crippen molar-refractivity contribution >= 4 is 17.6 Å². The summed E-state index contributed by atoms with van der Waals surface area (Å²) in [6.45, 7) is -0.0454. The van der Waals surface area contributed by atoms with Gasteiger partial charge in [-0.05, 0) is 24.3 Å². The van der Waals surface area contributed by atoms with Crippen molar-refractivity contribution in [1.29, 1.82) is 5.26 Å². The Bertz CT molecular complexity index is 695. The molecule has 0 aliphatic carbocycles. The van der Waals surface area contributed by atoms with Crippen LogP contribution in [0.4, 0.5) is 4.39 Å². The summed E-state index contributed by atoms with van der Waals surface area (Å²) < 4.78 is 18.0. The van der Waals surface area contributed by atoms with E-state index in [9.17, 15) is 9.18 Å². The summed E-state index contributed by atoms with van der Waals surface area (Å²) in [5.74, 6) is -1.19. The lowest BCUT2D eigenvalue weighted by atomic mass is 10.1. The highest BCUT2D eigenvalue weighted by atomic mass is 35.5. The molecule has 0 aliphatic heterocycles. The highest BCUT2D eigenvalue weighted by molar-refractivity contribution is 6.33. The first-order chi connectivity index (χ1) is 9.61. The maximum absolute atomic E-state index is 12.9. The van der Waals surface area contributed by atoms with Gasteiger partial charge in [-0.25, -0.2) is 9.18 Å². The second kappa shape index (κ2) is 6.18. The predicted molar refractivity (Wildman–Crippen MR) is 71.7 cm³/mol. The first-order valence-electron chi connectivity index (χ1n) is 5.72. The molecule has 0 atom stereocenters. The average Bonchev–Trinajstić information content (AvgIpc) is 2.45. The molecule has 5 heteroatoms. The standard InChI is InChI=1S/C15H9ClFNO2/c16-14-7-12(17)5-6-13(14)15(19)20-9-11-4-2-1-3-10(11)8-18/h1-7H,9H2. The van der Waals surface area contributed by atoms with Crippen LogP contribution < -0.4 is 0 Å². The minimum absolute atomic E-state index is 0.0106. The summed E-state index contributed by atoms with van der Waals surface area (Å²) >= 11 is 5.77. The number of halogens is 2. The summed E-state index contributed by atoms with van der Waals surface area (Å²) in [4.78, 5) is 11.8. The third-order valence-electron chi connectivity index (χ3n) is 2.65. The summed E-state index contributed by atoms with van der Waals surface area (Å²) in [5.41, 5.74) is 1.12. The zero-order valence-corrected chi connectivity index (χ0v) is 11.0. The monoisotopic (exact) mass is 289 g/mol. The molecular formula is C15H9ClFNO2. The van der Waals surface area contributed by atoms with Gasteiger partial charge in [0, 0.05) is 5.56 Å². The van der Waals surface area contributed by atoms with Crippen LogP contribution in [0, 0.1) is 17.1 Å². The summed E-state index contributed by atoms with van der Waals surface area (Å²) in [5, 5.41) is 8.91. The molecule has 0 aromatic heterocycles. The lowest BCUT2D eigenvalue weighted by Gasteiger charge is -2.07. The van der Waals surface area contributed by atoms with Crippen molar-refractivity contribution in [2.24, 2.45) is 0 Å². The number of esters is 1. The molecule has 0 radical (unpaired) electrons. The van der Waals surface area contributed by atoms with E-state index >= 15 is 0 Å². The molecule has 2 rings (SSSR count). The van der Waals surface area contributed by atoms with Gasteiger partial charge in [-0.2, -0.15) is 5.26 Å². The SMILES string of the molecule is N#Cc1ccccc1COC(=O)c1ccc(F)cc1Cl. The molecule has 0 saturated heterocycles. The second-order valence-electron chi connectivity index (χ2n) is 3.97. The Morgan fingerprint density at radius 3 is 2.75 bits per heavy atom. The molecule has 0 saturated carbocycles. The van der Waals surface area contributed by atoms with Gasteiger partial charge in [0.05, 0.1) is 22.2 Å². The zero-order valence-electron chi connectivity index (χ0n) is 10.3. The van der Waals surface area contributed by atoms with Crippen molar-refractivity contribution in [3.05, 3.63) is 70.0 Å². The van der Waals surface area contributed by atoms with Gasteiger partial charge in [0.1, 0.15) is 12.4 Å². The molecule has 0 heterocycles. The number of hydrogen-bond acceptors (Lipinski definition) is 3. The van der Waals surface area contributed by atoms with E-state index in [1.165, 1.54) is 6.07 Å². The lowest BCUT2D eigenvalue weighted by molar-refractivity contribution is 0.0472. The minimum atomic E-state index is -0.664. The predicted octanol–water partition coefficient (Wildman–Crippen LogP) is 3.71. The van der Waals surface area contributed by atoms with Crippen LogP contribution in [0.3, 0.4) is 0 Å². The van der Waals surface area contributed by atoms with Crippen LogP contribution in [0.5, 0.6) is 0 Å². The fourth-order valence-corrected chi connectivity index (χ4v) is 1.88. The number of nitrogens with zero attached hydrogens (tertiary/aromatic N) is 1. The smallest absolute Gasteiger partial charge is 0.339 e. The molecule has 0 unspecified atom stereocenters. The molecule has 3 nitrogen and oxygen atoms in total. The Labute approximate surface area is 120 Å². The van der Waals surface area contributed by atoms with Gasteiger partial charge in [0.2, 0.25) is 0 Å². The zero-order chi connectivity index (χ0) is 14.5. The largest absolute Gasteiger partial charge is 0.457 e. The van der Waals surface area contributed by atoms with Gasteiger partial charge in [0.25, 0.3) is 0 Å². The molecule has 2 aromatic carbocycles. The van der Waals surface area contributed by atoms with Crippen LogP contribution in [-0.4, -0.2) is 5.97 Å². The van der Waals surface area contributed by atoms with Gasteiger partial charge in [-0.1, -0.05) is 29.8 Å². The van der Waals surface area contributed by atoms with E-state index in [4.69, 9.17) is 21.6 Å². The molecular weight excluding hydrogens is 281 g/mol. The average molecular weight is 290 g/mol. The first kappa shape index (κ1) is 14.0. The van der Waals surface area contributed by atoms with E-state index < -0.39 is 11.8 Å². The van der Waals surface area contributed by atoms with Gasteiger partial charge < -0.3 is 4.74 Å². The highest BCUT2D eigenvalue weighted by Crippen LogP contribution is 2.19. The summed E-state index contributed by atoms with van der Waals surface area (Å²) in [6.07, 6.45) is 0. The van der Waals surface area contributed by atoms with E-state index in [0.717, 1.165) is 12.1 Å². The first-order valence-corrected chi connectivity index (χ1v) is 6.10. The number of hydrogen-bond donors (Lipinski definition) is 0. The van der Waals surface area contributed by atoms with E-state index in [0.29, 0.717) is 11.1 Å². The van der Waals surface area contributed by atoms with Crippen LogP contribution >= 0.6 is 11.6 Å². The van der Waals surface area contributed by atoms with Crippen molar-refractivity contribution in [3.8, 4) is 6.07 Å². The minimum Gasteiger partial charge on any atom is -0.457 e. The van der Waals surface area contributed by atoms with Crippen molar-refractivity contribution in [2.45, 2.75) is 6.61 Å². The highest BCUT2D eigenvalue weighted by Gasteiger charge is 2.13. The third-order valence-corrected chi connectivity index (χ3v) is 2.96. The molecule has 100 valence electrons. The second-order valence-corrected chi connectivity index (χ2v) is 4.38. The van der Waals surface area contributed by atoms with E-state index in [1.54, 1.807) is 24.3 Å². The quantitative estimate of drug-likeness (QED) is 0.809. The maximum atomic E-state index is 12.9. The topological polar surface area (TPSA) is 50.1 Å². The molecule has 20 heavy (non-hydrogen) atoms. The van der Waals surface area contributed by atoms with Gasteiger partial charge in [-0.15, -0.1) is 0 Å². The molecule has 0 N–H and O–H groups in total. The van der Waals surface area contributed by atoms with Crippen molar-refractivity contribution < 1.29 is 13.9 Å². The number of benzene rings is 2. The van der Waals surface area contributed by atoms with Crippen LogP contribution in [0.1, 0.15) is 21.5 Å². The number of carbonyl (C=O) groups excluding carboxylic acids is 1. The Kier molecular flexibility index (Phi) is 4.34. The Balaban J connectivity index is 2.11. The van der Waals surface area contributed by atoms with E-state index in [2.05, 4.69) is 0 Å². The van der Waals surface area contributed by atoms with Crippen LogP contribution in [0.2, 0.25) is 5.02 Å². The lowest BCUT2D eigenvalue weighted by Crippen LogP contribution is -2.07. The number of carbonyl (C=O) groups is 1. The Morgan fingerprint density at radius 1 is 1.30 bits per heavy atom. The van der Waals surface area contributed by atoms with Crippen molar-refractivity contribution in [2.75, 3.05) is 0 Å². The van der Waals surface area contributed by atoms with Crippen molar-refractivity contribution in [3.63, 3.8) is 0 Å². The normalized spacial score (nSPS) is 9.85. The summed E-state index contributed by atoms with van der Waals surface area (Å²) in [7, 11) is 0. The van der Waals surface area contributed by atoms with Gasteiger partial charge in [-0.3, -0.25) is 0 Å². The summed E-state index contributed by atoms with van der Waals surface area (Å²) in [6, 6.07) is 12.2. The van der Waals surface area contributed by atoms with E-state index in [1.807, 2.05) is 6.07 Å². The number of ether oxygens (including phenoxy) is 1. The van der Waals surface area contributed by atoms with Gasteiger partial charge in [0.15, 0.2) is 0 Å². The fraction of sp³-hybridized carbons (Fsp3) is 0.0667. The molecule has 0 bridgehead atoms.